The van der Waals surface area contributed by atoms with E-state index in [-0.39, 0.29) is 5.79 Å². The van der Waals surface area contributed by atoms with E-state index < -0.39 is 0 Å². The molecule has 2 heteroatoms. The zero-order valence-electron chi connectivity index (χ0n) is 10.3. The highest BCUT2D eigenvalue weighted by Gasteiger charge is 2.37. The molecule has 0 amide bonds. The average Bonchev–Trinajstić information content (AvgIpc) is 2.73. The first kappa shape index (κ1) is 13.9. The van der Waals surface area contributed by atoms with Crippen molar-refractivity contribution in [1.82, 2.24) is 0 Å². The SMILES string of the molecule is C1CCC2(CC1)OCCO2.CC.CC. The molecular formula is C12H26O2. The molecule has 0 radical (unpaired) electrons. The minimum atomic E-state index is -0.127. The first-order valence-corrected chi connectivity index (χ1v) is 6.19. The summed E-state index contributed by atoms with van der Waals surface area (Å²) in [5, 5.41) is 0. The molecule has 0 unspecified atom stereocenters. The molecule has 0 aromatic carbocycles. The fourth-order valence-corrected chi connectivity index (χ4v) is 1.88. The minimum Gasteiger partial charge on any atom is -0.348 e. The molecule has 2 aliphatic rings. The second-order valence-corrected chi connectivity index (χ2v) is 3.17. The number of hydrogen-bond donors (Lipinski definition) is 0. The summed E-state index contributed by atoms with van der Waals surface area (Å²) < 4.78 is 11.1. The van der Waals surface area contributed by atoms with Gasteiger partial charge in [-0.1, -0.05) is 34.1 Å². The standard InChI is InChI=1S/C8H14O2.2C2H6/c1-2-4-8(5-3-1)9-6-7-10-8;2*1-2/h1-7H2;2*1-2H3. The van der Waals surface area contributed by atoms with Crippen LogP contribution in [0.1, 0.15) is 59.8 Å². The van der Waals surface area contributed by atoms with Crippen LogP contribution in [0.5, 0.6) is 0 Å². The lowest BCUT2D eigenvalue weighted by atomic mass is 9.94. The quantitative estimate of drug-likeness (QED) is 0.595. The summed E-state index contributed by atoms with van der Waals surface area (Å²) in [5.74, 6) is -0.127. The lowest BCUT2D eigenvalue weighted by molar-refractivity contribution is -0.176. The lowest BCUT2D eigenvalue weighted by Gasteiger charge is -2.30. The van der Waals surface area contributed by atoms with Gasteiger partial charge in [0.1, 0.15) is 0 Å². The van der Waals surface area contributed by atoms with Crippen LogP contribution in [0.3, 0.4) is 0 Å². The highest BCUT2D eigenvalue weighted by atomic mass is 16.7. The Morgan fingerprint density at radius 2 is 1.14 bits per heavy atom. The molecule has 2 fully saturated rings. The molecule has 0 bridgehead atoms. The van der Waals surface area contributed by atoms with E-state index in [1.807, 2.05) is 27.7 Å². The summed E-state index contributed by atoms with van der Waals surface area (Å²) in [6, 6.07) is 0. The van der Waals surface area contributed by atoms with Gasteiger partial charge in [0.25, 0.3) is 0 Å². The molecular weight excluding hydrogens is 176 g/mol. The molecule has 1 aliphatic carbocycles. The smallest absolute Gasteiger partial charge is 0.168 e. The molecule has 14 heavy (non-hydrogen) atoms. The van der Waals surface area contributed by atoms with Crippen molar-refractivity contribution in [2.75, 3.05) is 13.2 Å². The Kier molecular flexibility index (Phi) is 8.20. The van der Waals surface area contributed by atoms with E-state index in [0.717, 1.165) is 26.1 Å². The zero-order chi connectivity index (χ0) is 10.9. The Bertz CT molecular complexity index is 109. The van der Waals surface area contributed by atoms with E-state index in [1.54, 1.807) is 0 Å². The lowest BCUT2D eigenvalue weighted by Crippen LogP contribution is -2.32. The average molecular weight is 202 g/mol. The van der Waals surface area contributed by atoms with Crippen molar-refractivity contribution < 1.29 is 9.47 Å². The maximum Gasteiger partial charge on any atom is 0.168 e. The Labute approximate surface area is 89.0 Å². The van der Waals surface area contributed by atoms with Crippen LogP contribution in [0, 0.1) is 0 Å². The summed E-state index contributed by atoms with van der Waals surface area (Å²) >= 11 is 0. The fraction of sp³-hybridized carbons (Fsp3) is 1.00. The third-order valence-electron chi connectivity index (χ3n) is 2.43. The highest BCUT2D eigenvalue weighted by molar-refractivity contribution is 4.77. The predicted octanol–water partition coefficient (Wildman–Crippen LogP) is 3.75. The number of hydrogen-bond acceptors (Lipinski definition) is 2. The highest BCUT2D eigenvalue weighted by Crippen LogP contribution is 2.35. The van der Waals surface area contributed by atoms with Crippen molar-refractivity contribution >= 4 is 0 Å². The Morgan fingerprint density at radius 3 is 1.57 bits per heavy atom. The maximum atomic E-state index is 5.56. The molecule has 1 saturated carbocycles. The van der Waals surface area contributed by atoms with Crippen molar-refractivity contribution in [3.05, 3.63) is 0 Å². The van der Waals surface area contributed by atoms with Crippen molar-refractivity contribution in [1.29, 1.82) is 0 Å². The van der Waals surface area contributed by atoms with Gasteiger partial charge < -0.3 is 9.47 Å². The monoisotopic (exact) mass is 202 g/mol. The van der Waals surface area contributed by atoms with Crippen LogP contribution >= 0.6 is 0 Å². The summed E-state index contributed by atoms with van der Waals surface area (Å²) in [6.45, 7) is 9.61. The molecule has 0 atom stereocenters. The van der Waals surface area contributed by atoms with Gasteiger partial charge in [-0.05, 0) is 12.8 Å². The Morgan fingerprint density at radius 1 is 0.714 bits per heavy atom. The fourth-order valence-electron chi connectivity index (χ4n) is 1.88. The van der Waals surface area contributed by atoms with Gasteiger partial charge in [0.15, 0.2) is 5.79 Å². The van der Waals surface area contributed by atoms with Crippen LogP contribution in [0.25, 0.3) is 0 Å². The summed E-state index contributed by atoms with van der Waals surface area (Å²) in [7, 11) is 0. The molecule has 2 nitrogen and oxygen atoms in total. The summed E-state index contributed by atoms with van der Waals surface area (Å²) in [4.78, 5) is 0. The third kappa shape index (κ3) is 3.97. The first-order valence-electron chi connectivity index (χ1n) is 6.19. The van der Waals surface area contributed by atoms with Gasteiger partial charge in [-0.15, -0.1) is 0 Å². The van der Waals surface area contributed by atoms with E-state index >= 15 is 0 Å². The van der Waals surface area contributed by atoms with E-state index in [2.05, 4.69) is 0 Å². The second kappa shape index (κ2) is 8.25. The van der Waals surface area contributed by atoms with Crippen molar-refractivity contribution in [2.24, 2.45) is 0 Å². The topological polar surface area (TPSA) is 18.5 Å². The minimum absolute atomic E-state index is 0.127. The molecule has 1 saturated heterocycles. The van der Waals surface area contributed by atoms with Gasteiger partial charge in [-0.2, -0.15) is 0 Å². The van der Waals surface area contributed by atoms with E-state index in [4.69, 9.17) is 9.47 Å². The molecule has 1 spiro atoms. The van der Waals surface area contributed by atoms with Gasteiger partial charge in [-0.25, -0.2) is 0 Å². The molecule has 0 aromatic rings. The van der Waals surface area contributed by atoms with Crippen LogP contribution in [0.4, 0.5) is 0 Å². The predicted molar refractivity (Wildman–Crippen MR) is 60.4 cm³/mol. The van der Waals surface area contributed by atoms with E-state index in [9.17, 15) is 0 Å². The second-order valence-electron chi connectivity index (χ2n) is 3.17. The summed E-state index contributed by atoms with van der Waals surface area (Å²) in [5.41, 5.74) is 0. The van der Waals surface area contributed by atoms with Gasteiger partial charge in [-0.3, -0.25) is 0 Å². The van der Waals surface area contributed by atoms with Crippen LogP contribution in [-0.4, -0.2) is 19.0 Å². The number of rotatable bonds is 0. The van der Waals surface area contributed by atoms with Crippen molar-refractivity contribution in [3.63, 3.8) is 0 Å². The van der Waals surface area contributed by atoms with Crippen LogP contribution in [-0.2, 0) is 9.47 Å². The molecule has 0 aromatic heterocycles. The normalized spacial score (nSPS) is 23.1. The van der Waals surface area contributed by atoms with Gasteiger partial charge in [0.2, 0.25) is 0 Å². The Balaban J connectivity index is 0.000000379. The van der Waals surface area contributed by atoms with Crippen molar-refractivity contribution in [3.8, 4) is 0 Å². The van der Waals surface area contributed by atoms with Gasteiger partial charge in [0, 0.05) is 12.8 Å². The van der Waals surface area contributed by atoms with E-state index in [1.165, 1.54) is 19.3 Å². The Hall–Kier alpha value is -0.0800. The largest absolute Gasteiger partial charge is 0.348 e. The van der Waals surface area contributed by atoms with Crippen LogP contribution in [0.2, 0.25) is 0 Å². The van der Waals surface area contributed by atoms with Crippen LogP contribution < -0.4 is 0 Å². The maximum absolute atomic E-state index is 5.56. The molecule has 0 N–H and O–H groups in total. The summed E-state index contributed by atoms with van der Waals surface area (Å²) in [6.07, 6.45) is 6.15. The third-order valence-corrected chi connectivity index (χ3v) is 2.43. The first-order chi connectivity index (χ1) is 6.91. The van der Waals surface area contributed by atoms with Crippen LogP contribution in [0.15, 0.2) is 0 Å². The number of ether oxygens (including phenoxy) is 2. The molecule has 86 valence electrons. The molecule has 1 aliphatic heterocycles. The van der Waals surface area contributed by atoms with Gasteiger partial charge in [0.05, 0.1) is 13.2 Å². The zero-order valence-corrected chi connectivity index (χ0v) is 10.3. The van der Waals surface area contributed by atoms with Gasteiger partial charge >= 0.3 is 0 Å². The molecule has 2 rings (SSSR count). The van der Waals surface area contributed by atoms with Crippen molar-refractivity contribution in [2.45, 2.75) is 65.6 Å². The molecule has 1 heterocycles. The van der Waals surface area contributed by atoms with E-state index in [0.29, 0.717) is 0 Å².